The fourth-order valence-electron chi connectivity index (χ4n) is 1.87. The topological polar surface area (TPSA) is 58.1 Å². The third-order valence-electron chi connectivity index (χ3n) is 2.80. The van der Waals surface area contributed by atoms with Gasteiger partial charge in [0.1, 0.15) is 5.69 Å². The van der Waals surface area contributed by atoms with Crippen LogP contribution in [0.15, 0.2) is 12.3 Å². The van der Waals surface area contributed by atoms with E-state index >= 15 is 0 Å². The molecule has 2 heterocycles. The first-order valence-corrected chi connectivity index (χ1v) is 6.17. The number of carbonyl (C=O) groups excluding carboxylic acids is 1. The quantitative estimate of drug-likeness (QED) is 0.851. The van der Waals surface area contributed by atoms with Crippen molar-refractivity contribution in [3.8, 4) is 0 Å². The van der Waals surface area contributed by atoms with Crippen LogP contribution in [0, 0.1) is 0 Å². The molecule has 1 N–H and O–H groups in total. The minimum absolute atomic E-state index is 0.116. The van der Waals surface area contributed by atoms with E-state index in [2.05, 4.69) is 20.2 Å². The molecule has 1 saturated heterocycles. The van der Waals surface area contributed by atoms with Crippen LogP contribution in [0.5, 0.6) is 0 Å². The highest BCUT2D eigenvalue weighted by atomic mass is 16.1. The van der Waals surface area contributed by atoms with Crippen molar-refractivity contribution in [2.24, 2.45) is 0 Å². The fourth-order valence-corrected chi connectivity index (χ4v) is 1.87. The molecule has 1 aromatic heterocycles. The highest BCUT2D eigenvalue weighted by Gasteiger charge is 2.16. The average molecular weight is 234 g/mol. The number of carbonyl (C=O) groups is 1. The van der Waals surface area contributed by atoms with E-state index < -0.39 is 0 Å². The van der Waals surface area contributed by atoms with Gasteiger partial charge >= 0.3 is 0 Å². The first-order chi connectivity index (χ1) is 8.31. The molecule has 0 aliphatic carbocycles. The van der Waals surface area contributed by atoms with Crippen LogP contribution in [0.1, 0.15) is 36.7 Å². The highest BCUT2D eigenvalue weighted by Crippen LogP contribution is 2.15. The Hall–Kier alpha value is -1.65. The van der Waals surface area contributed by atoms with Gasteiger partial charge in [0, 0.05) is 25.8 Å². The molecular formula is C12H18N4O. The van der Waals surface area contributed by atoms with Gasteiger partial charge in [0.25, 0.3) is 5.91 Å². The van der Waals surface area contributed by atoms with Crippen molar-refractivity contribution in [1.29, 1.82) is 0 Å². The van der Waals surface area contributed by atoms with Crippen LogP contribution in [0.2, 0.25) is 0 Å². The Labute approximate surface area is 101 Å². The predicted octanol–water partition coefficient (Wildman–Crippen LogP) is 1.22. The van der Waals surface area contributed by atoms with E-state index in [0.717, 1.165) is 19.5 Å². The number of hydrogen-bond acceptors (Lipinski definition) is 4. The molecule has 1 aromatic rings. The van der Waals surface area contributed by atoms with E-state index in [1.807, 2.05) is 6.92 Å². The molecule has 0 aromatic carbocycles. The second-order valence-electron chi connectivity index (χ2n) is 4.19. The van der Waals surface area contributed by atoms with Crippen molar-refractivity contribution < 1.29 is 4.79 Å². The number of rotatable bonds is 4. The van der Waals surface area contributed by atoms with Crippen molar-refractivity contribution in [2.45, 2.75) is 26.2 Å². The van der Waals surface area contributed by atoms with E-state index in [1.165, 1.54) is 12.8 Å². The van der Waals surface area contributed by atoms with Gasteiger partial charge in [-0.15, -0.1) is 0 Å². The van der Waals surface area contributed by atoms with Crippen LogP contribution in [-0.4, -0.2) is 35.5 Å². The average Bonchev–Trinajstić information content (AvgIpc) is 2.90. The van der Waals surface area contributed by atoms with E-state index in [0.29, 0.717) is 18.2 Å². The van der Waals surface area contributed by atoms with E-state index in [-0.39, 0.29) is 5.91 Å². The van der Waals surface area contributed by atoms with Gasteiger partial charge in [-0.05, 0) is 25.3 Å². The molecule has 0 bridgehead atoms. The summed E-state index contributed by atoms with van der Waals surface area (Å²) in [5, 5.41) is 2.82. The lowest BCUT2D eigenvalue weighted by atomic mass is 10.3. The number of hydrogen-bond donors (Lipinski definition) is 1. The minimum atomic E-state index is -0.116. The predicted molar refractivity (Wildman–Crippen MR) is 66.1 cm³/mol. The molecule has 1 fully saturated rings. The summed E-state index contributed by atoms with van der Waals surface area (Å²) in [5.74, 6) is 0.557. The molecule has 1 amide bonds. The van der Waals surface area contributed by atoms with Crippen molar-refractivity contribution in [3.05, 3.63) is 18.0 Å². The summed E-state index contributed by atoms with van der Waals surface area (Å²) >= 11 is 0. The monoisotopic (exact) mass is 234 g/mol. The third kappa shape index (κ3) is 2.93. The lowest BCUT2D eigenvalue weighted by Crippen LogP contribution is -2.27. The molecule has 1 aliphatic rings. The van der Waals surface area contributed by atoms with Crippen LogP contribution in [-0.2, 0) is 0 Å². The van der Waals surface area contributed by atoms with Crippen LogP contribution >= 0.6 is 0 Å². The maximum atomic E-state index is 11.8. The van der Waals surface area contributed by atoms with Crippen LogP contribution < -0.4 is 10.2 Å². The summed E-state index contributed by atoms with van der Waals surface area (Å²) in [7, 11) is 0. The smallest absolute Gasteiger partial charge is 0.270 e. The Morgan fingerprint density at radius 1 is 1.47 bits per heavy atom. The summed E-state index contributed by atoms with van der Waals surface area (Å²) < 4.78 is 0. The summed E-state index contributed by atoms with van der Waals surface area (Å²) in [5.41, 5.74) is 0.454. The Morgan fingerprint density at radius 2 is 2.24 bits per heavy atom. The Morgan fingerprint density at radius 3 is 2.94 bits per heavy atom. The van der Waals surface area contributed by atoms with Gasteiger partial charge in [-0.25, -0.2) is 9.97 Å². The fraction of sp³-hybridized carbons (Fsp3) is 0.583. The number of nitrogens with zero attached hydrogens (tertiary/aromatic N) is 3. The number of anilines is 1. The first-order valence-electron chi connectivity index (χ1n) is 6.17. The van der Waals surface area contributed by atoms with E-state index in [4.69, 9.17) is 0 Å². The Balaban J connectivity index is 2.07. The lowest BCUT2D eigenvalue weighted by Gasteiger charge is -2.15. The van der Waals surface area contributed by atoms with Crippen molar-refractivity contribution in [2.75, 3.05) is 24.5 Å². The highest BCUT2D eigenvalue weighted by molar-refractivity contribution is 5.92. The van der Waals surface area contributed by atoms with E-state index in [1.54, 1.807) is 12.3 Å². The second-order valence-corrected chi connectivity index (χ2v) is 4.19. The molecule has 2 rings (SSSR count). The van der Waals surface area contributed by atoms with Crippen molar-refractivity contribution >= 4 is 11.9 Å². The Bertz CT molecular complexity index is 388. The number of nitrogens with one attached hydrogen (secondary N) is 1. The normalized spacial score (nSPS) is 15.0. The van der Waals surface area contributed by atoms with Crippen LogP contribution in [0.4, 0.5) is 5.95 Å². The van der Waals surface area contributed by atoms with Gasteiger partial charge in [-0.3, -0.25) is 4.79 Å². The number of aromatic nitrogens is 2. The molecule has 5 heteroatoms. The molecule has 5 nitrogen and oxygen atoms in total. The zero-order valence-electron chi connectivity index (χ0n) is 10.1. The molecule has 0 saturated carbocycles. The molecular weight excluding hydrogens is 216 g/mol. The zero-order valence-corrected chi connectivity index (χ0v) is 10.1. The Kier molecular flexibility index (Phi) is 3.90. The molecule has 0 atom stereocenters. The van der Waals surface area contributed by atoms with E-state index in [9.17, 15) is 4.79 Å². The van der Waals surface area contributed by atoms with Gasteiger partial charge in [-0.1, -0.05) is 6.92 Å². The zero-order chi connectivity index (χ0) is 12.1. The lowest BCUT2D eigenvalue weighted by molar-refractivity contribution is 0.0948. The van der Waals surface area contributed by atoms with Gasteiger partial charge in [-0.2, -0.15) is 0 Å². The molecule has 1 aliphatic heterocycles. The third-order valence-corrected chi connectivity index (χ3v) is 2.80. The van der Waals surface area contributed by atoms with Crippen molar-refractivity contribution in [1.82, 2.24) is 15.3 Å². The number of amides is 1. The molecule has 0 spiro atoms. The summed E-state index contributed by atoms with van der Waals surface area (Å²) in [6.45, 7) is 4.68. The molecule has 0 unspecified atom stereocenters. The molecule has 0 radical (unpaired) electrons. The van der Waals surface area contributed by atoms with Crippen LogP contribution in [0.25, 0.3) is 0 Å². The molecule has 92 valence electrons. The summed E-state index contributed by atoms with van der Waals surface area (Å²) in [6, 6.07) is 1.66. The summed E-state index contributed by atoms with van der Waals surface area (Å²) in [4.78, 5) is 22.4. The maximum Gasteiger partial charge on any atom is 0.270 e. The minimum Gasteiger partial charge on any atom is -0.351 e. The van der Waals surface area contributed by atoms with Gasteiger partial charge in [0.15, 0.2) is 0 Å². The van der Waals surface area contributed by atoms with Gasteiger partial charge < -0.3 is 10.2 Å². The van der Waals surface area contributed by atoms with Crippen molar-refractivity contribution in [3.63, 3.8) is 0 Å². The first kappa shape index (κ1) is 11.8. The standard InChI is InChI=1S/C12H18N4O/c1-2-6-13-11(17)10-5-7-14-12(15-10)16-8-3-4-9-16/h5,7H,2-4,6,8-9H2,1H3,(H,13,17). The van der Waals surface area contributed by atoms with Gasteiger partial charge in [0.05, 0.1) is 0 Å². The second kappa shape index (κ2) is 5.61. The molecule has 17 heavy (non-hydrogen) atoms. The van der Waals surface area contributed by atoms with Crippen LogP contribution in [0.3, 0.4) is 0 Å². The largest absolute Gasteiger partial charge is 0.351 e. The maximum absolute atomic E-state index is 11.8. The van der Waals surface area contributed by atoms with Gasteiger partial charge in [0.2, 0.25) is 5.95 Å². The SMILES string of the molecule is CCCNC(=O)c1ccnc(N2CCCC2)n1. The summed E-state index contributed by atoms with van der Waals surface area (Å²) in [6.07, 6.45) is 4.93.